The third-order valence-electron chi connectivity index (χ3n) is 2.90. The van der Waals surface area contributed by atoms with E-state index < -0.39 is 5.97 Å². The Balaban J connectivity index is 1.93. The van der Waals surface area contributed by atoms with E-state index >= 15 is 0 Å². The molecule has 1 amide bonds. The first-order valence-corrected chi connectivity index (χ1v) is 7.17. The van der Waals surface area contributed by atoms with Crippen LogP contribution in [0.2, 0.25) is 0 Å². The van der Waals surface area contributed by atoms with Gasteiger partial charge in [-0.1, -0.05) is 0 Å². The molecule has 0 heterocycles. The minimum atomic E-state index is -1.04. The van der Waals surface area contributed by atoms with Gasteiger partial charge in [0.2, 0.25) is 5.91 Å². The number of carboxylic acids is 1. The molecule has 0 atom stereocenters. The van der Waals surface area contributed by atoms with E-state index in [-0.39, 0.29) is 18.0 Å². The second-order valence-electron chi connectivity index (χ2n) is 4.62. The van der Waals surface area contributed by atoms with E-state index in [4.69, 9.17) is 5.11 Å². The Morgan fingerprint density at radius 3 is 2.74 bits per heavy atom. The zero-order valence-corrected chi connectivity index (χ0v) is 12.4. The van der Waals surface area contributed by atoms with Crippen molar-refractivity contribution in [1.82, 2.24) is 5.32 Å². The molecule has 0 spiro atoms. The summed E-state index contributed by atoms with van der Waals surface area (Å²) in [5.74, 6) is -0.551. The van der Waals surface area contributed by atoms with Crippen LogP contribution >= 0.6 is 22.6 Å². The van der Waals surface area contributed by atoms with Crippen LogP contribution in [0, 0.1) is 9.49 Å². The van der Waals surface area contributed by atoms with Crippen molar-refractivity contribution in [2.75, 3.05) is 18.4 Å². The molecule has 0 radical (unpaired) electrons. The minimum Gasteiger partial charge on any atom is -0.478 e. The van der Waals surface area contributed by atoms with Crippen LogP contribution in [0.15, 0.2) is 18.2 Å². The fourth-order valence-electron chi connectivity index (χ4n) is 1.71. The predicted molar refractivity (Wildman–Crippen MR) is 80.3 cm³/mol. The standard InChI is InChI=1S/C13H15IN2O3/c14-9-3-4-11(10(5-9)13(18)19)16-12(17)7-15-6-8-1-2-8/h3-5,8,15H,1-2,6-7H2,(H,16,17)(H,18,19). The third-order valence-corrected chi connectivity index (χ3v) is 3.57. The lowest BCUT2D eigenvalue weighted by Gasteiger charge is -2.09. The largest absolute Gasteiger partial charge is 0.478 e. The van der Waals surface area contributed by atoms with Crippen molar-refractivity contribution in [2.45, 2.75) is 12.8 Å². The minimum absolute atomic E-state index is 0.113. The van der Waals surface area contributed by atoms with Gasteiger partial charge in [-0.15, -0.1) is 0 Å². The molecule has 1 aromatic rings. The molecule has 0 aromatic heterocycles. The van der Waals surface area contributed by atoms with Crippen LogP contribution in [0.3, 0.4) is 0 Å². The Bertz CT molecular complexity index is 501. The van der Waals surface area contributed by atoms with Gasteiger partial charge in [-0.2, -0.15) is 0 Å². The second kappa shape index (κ2) is 6.33. The molecule has 1 aliphatic carbocycles. The average molecular weight is 374 g/mol. The van der Waals surface area contributed by atoms with Crippen molar-refractivity contribution >= 4 is 40.2 Å². The normalized spacial score (nSPS) is 14.2. The molecule has 0 bridgehead atoms. The van der Waals surface area contributed by atoms with Gasteiger partial charge in [-0.05, 0) is 66.1 Å². The van der Waals surface area contributed by atoms with Gasteiger partial charge >= 0.3 is 5.97 Å². The molecule has 0 unspecified atom stereocenters. The first kappa shape index (κ1) is 14.3. The maximum atomic E-state index is 11.7. The first-order valence-electron chi connectivity index (χ1n) is 6.09. The van der Waals surface area contributed by atoms with Gasteiger partial charge in [-0.25, -0.2) is 4.79 Å². The van der Waals surface area contributed by atoms with E-state index in [1.54, 1.807) is 12.1 Å². The molecule has 1 aliphatic rings. The number of hydrogen-bond acceptors (Lipinski definition) is 3. The molecular weight excluding hydrogens is 359 g/mol. The fraction of sp³-hybridized carbons (Fsp3) is 0.385. The Morgan fingerprint density at radius 1 is 1.37 bits per heavy atom. The Labute approximate surface area is 124 Å². The van der Waals surface area contributed by atoms with Crippen LogP contribution in [0.25, 0.3) is 0 Å². The molecule has 1 saturated carbocycles. The van der Waals surface area contributed by atoms with Gasteiger partial charge in [0, 0.05) is 3.57 Å². The number of aromatic carboxylic acids is 1. The van der Waals surface area contributed by atoms with E-state index in [0.29, 0.717) is 11.6 Å². The molecule has 1 aromatic carbocycles. The Kier molecular flexibility index (Phi) is 4.76. The number of carbonyl (C=O) groups is 2. The van der Waals surface area contributed by atoms with Gasteiger partial charge in [0.25, 0.3) is 0 Å². The fourth-order valence-corrected chi connectivity index (χ4v) is 2.20. The summed E-state index contributed by atoms with van der Waals surface area (Å²) in [4.78, 5) is 22.8. The summed E-state index contributed by atoms with van der Waals surface area (Å²) >= 11 is 2.04. The first-order chi connectivity index (χ1) is 9.06. The number of carbonyl (C=O) groups excluding carboxylic acids is 1. The van der Waals surface area contributed by atoms with E-state index in [0.717, 1.165) is 10.1 Å². The summed E-state index contributed by atoms with van der Waals surface area (Å²) in [6.07, 6.45) is 2.46. The number of halogens is 1. The van der Waals surface area contributed by atoms with Gasteiger partial charge in [0.1, 0.15) is 0 Å². The number of amides is 1. The van der Waals surface area contributed by atoms with Gasteiger partial charge < -0.3 is 15.7 Å². The summed E-state index contributed by atoms with van der Waals surface area (Å²) < 4.78 is 0.819. The zero-order chi connectivity index (χ0) is 13.8. The summed E-state index contributed by atoms with van der Waals surface area (Å²) in [7, 11) is 0. The van der Waals surface area contributed by atoms with Gasteiger partial charge in [-0.3, -0.25) is 4.79 Å². The van der Waals surface area contributed by atoms with Crippen LogP contribution in [0.5, 0.6) is 0 Å². The highest BCUT2D eigenvalue weighted by molar-refractivity contribution is 14.1. The summed E-state index contributed by atoms with van der Waals surface area (Å²) in [5, 5.41) is 14.8. The van der Waals surface area contributed by atoms with Crippen molar-refractivity contribution in [3.05, 3.63) is 27.3 Å². The summed E-state index contributed by atoms with van der Waals surface area (Å²) in [6, 6.07) is 4.92. The van der Waals surface area contributed by atoms with Crippen molar-refractivity contribution in [2.24, 2.45) is 5.92 Å². The molecule has 0 aliphatic heterocycles. The lowest BCUT2D eigenvalue weighted by Crippen LogP contribution is -2.30. The maximum absolute atomic E-state index is 11.7. The van der Waals surface area contributed by atoms with E-state index in [1.807, 2.05) is 22.6 Å². The van der Waals surface area contributed by atoms with Crippen molar-refractivity contribution in [3.63, 3.8) is 0 Å². The zero-order valence-electron chi connectivity index (χ0n) is 10.3. The highest BCUT2D eigenvalue weighted by atomic mass is 127. The lowest BCUT2D eigenvalue weighted by atomic mass is 10.2. The Morgan fingerprint density at radius 2 is 2.11 bits per heavy atom. The van der Waals surface area contributed by atoms with Crippen LogP contribution < -0.4 is 10.6 Å². The number of benzene rings is 1. The number of carboxylic acid groups (broad SMARTS) is 1. The van der Waals surface area contributed by atoms with E-state index in [1.165, 1.54) is 18.9 Å². The van der Waals surface area contributed by atoms with Gasteiger partial charge in [0.15, 0.2) is 0 Å². The number of nitrogens with one attached hydrogen (secondary N) is 2. The molecule has 3 N–H and O–H groups in total. The molecule has 5 nitrogen and oxygen atoms in total. The van der Waals surface area contributed by atoms with Crippen LogP contribution in [-0.2, 0) is 4.79 Å². The molecule has 0 saturated heterocycles. The molecular formula is C13H15IN2O3. The highest BCUT2D eigenvalue weighted by Gasteiger charge is 2.20. The molecule has 6 heteroatoms. The van der Waals surface area contributed by atoms with Crippen molar-refractivity contribution < 1.29 is 14.7 Å². The van der Waals surface area contributed by atoms with Crippen LogP contribution in [0.4, 0.5) is 5.69 Å². The predicted octanol–water partition coefficient (Wildman–Crippen LogP) is 1.93. The molecule has 2 rings (SSSR count). The molecule has 19 heavy (non-hydrogen) atoms. The SMILES string of the molecule is O=C(CNCC1CC1)Nc1ccc(I)cc1C(=O)O. The lowest BCUT2D eigenvalue weighted by molar-refractivity contribution is -0.115. The van der Waals surface area contributed by atoms with Crippen molar-refractivity contribution in [1.29, 1.82) is 0 Å². The Hall–Kier alpha value is -1.15. The number of hydrogen-bond donors (Lipinski definition) is 3. The summed E-state index contributed by atoms with van der Waals surface area (Å²) in [6.45, 7) is 1.06. The van der Waals surface area contributed by atoms with E-state index in [2.05, 4.69) is 10.6 Å². The highest BCUT2D eigenvalue weighted by Crippen LogP contribution is 2.27. The average Bonchev–Trinajstić information content (AvgIpc) is 3.15. The number of rotatable bonds is 6. The monoisotopic (exact) mass is 374 g/mol. The van der Waals surface area contributed by atoms with E-state index in [9.17, 15) is 9.59 Å². The molecule has 1 fully saturated rings. The third kappa shape index (κ3) is 4.46. The van der Waals surface area contributed by atoms with Gasteiger partial charge in [0.05, 0.1) is 17.8 Å². The van der Waals surface area contributed by atoms with Crippen molar-refractivity contribution in [3.8, 4) is 0 Å². The summed E-state index contributed by atoms with van der Waals surface area (Å²) in [5.41, 5.74) is 0.452. The quantitative estimate of drug-likeness (QED) is 0.665. The topological polar surface area (TPSA) is 78.4 Å². The maximum Gasteiger partial charge on any atom is 0.337 e. The second-order valence-corrected chi connectivity index (χ2v) is 5.86. The smallest absolute Gasteiger partial charge is 0.337 e. The number of anilines is 1. The van der Waals surface area contributed by atoms with Crippen LogP contribution in [0.1, 0.15) is 23.2 Å². The van der Waals surface area contributed by atoms with Crippen LogP contribution in [-0.4, -0.2) is 30.1 Å². The molecule has 102 valence electrons.